The minimum atomic E-state index is -0.358. The van der Waals surface area contributed by atoms with Gasteiger partial charge in [0.2, 0.25) is 5.88 Å². The van der Waals surface area contributed by atoms with Gasteiger partial charge in [0.15, 0.2) is 0 Å². The van der Waals surface area contributed by atoms with Crippen LogP contribution in [0.25, 0.3) is 11.3 Å². The molecule has 0 N–H and O–H groups in total. The van der Waals surface area contributed by atoms with Crippen LogP contribution in [0.5, 0.6) is 0 Å². The van der Waals surface area contributed by atoms with Crippen LogP contribution in [0.2, 0.25) is 0 Å². The summed E-state index contributed by atoms with van der Waals surface area (Å²) in [7, 11) is 0. The van der Waals surface area contributed by atoms with E-state index in [1.165, 1.54) is 12.1 Å². The van der Waals surface area contributed by atoms with E-state index in [1.807, 2.05) is 35.2 Å². The van der Waals surface area contributed by atoms with Crippen molar-refractivity contribution in [1.29, 1.82) is 0 Å². The molecule has 2 aliphatic rings. The molecule has 0 radical (unpaired) electrons. The lowest BCUT2D eigenvalue weighted by Gasteiger charge is -2.30. The van der Waals surface area contributed by atoms with E-state index in [0.29, 0.717) is 31.9 Å². The van der Waals surface area contributed by atoms with Crippen molar-refractivity contribution in [3.63, 3.8) is 0 Å². The molecular weight excluding hydrogens is 447 g/mol. The number of carbonyl (C=O) groups is 1. The normalized spacial score (nSPS) is 16.5. The van der Waals surface area contributed by atoms with Crippen molar-refractivity contribution in [3.05, 3.63) is 71.5 Å². The van der Waals surface area contributed by atoms with Gasteiger partial charge in [-0.2, -0.15) is 0 Å². The lowest BCUT2D eigenvalue weighted by Crippen LogP contribution is -2.43. The van der Waals surface area contributed by atoms with Crippen LogP contribution in [0.4, 0.5) is 10.3 Å². The molecule has 0 spiro atoms. The summed E-state index contributed by atoms with van der Waals surface area (Å²) in [6.45, 7) is 6.56. The monoisotopic (exact) mass is 478 g/mol. The Hall–Kier alpha value is -3.23. The van der Waals surface area contributed by atoms with Gasteiger partial charge in [0, 0.05) is 50.4 Å². The molecule has 0 saturated carbocycles. The lowest BCUT2D eigenvalue weighted by molar-refractivity contribution is 0.0320. The molecule has 2 aliphatic heterocycles. The van der Waals surface area contributed by atoms with E-state index >= 15 is 0 Å². The number of anilines is 1. The molecule has 2 aromatic carbocycles. The van der Waals surface area contributed by atoms with E-state index in [0.717, 1.165) is 68.3 Å². The Bertz CT molecular complexity index is 1110. The van der Waals surface area contributed by atoms with E-state index < -0.39 is 0 Å². The zero-order valence-electron chi connectivity index (χ0n) is 19.9. The number of nitrogens with zero attached hydrogens (tertiary/aromatic N) is 4. The smallest absolute Gasteiger partial charge is 0.254 e. The van der Waals surface area contributed by atoms with E-state index in [-0.39, 0.29) is 11.7 Å². The number of halogens is 1. The van der Waals surface area contributed by atoms with Crippen molar-refractivity contribution in [2.45, 2.75) is 19.4 Å². The number of amides is 1. The zero-order valence-corrected chi connectivity index (χ0v) is 19.9. The standard InChI is InChI=1S/C27H31FN4O3/c28-23-10-8-22(9-11-23)26(33)32(15-14-30-16-18-34-19-17-30)20-24-25(21-6-2-1-3-7-21)29-35-27(24)31-12-4-5-13-31/h1-3,6-11H,4-5,12-20H2. The second-order valence-electron chi connectivity index (χ2n) is 9.06. The van der Waals surface area contributed by atoms with Gasteiger partial charge in [0.1, 0.15) is 11.5 Å². The van der Waals surface area contributed by atoms with E-state index in [4.69, 9.17) is 9.26 Å². The van der Waals surface area contributed by atoms with Crippen LogP contribution < -0.4 is 4.90 Å². The summed E-state index contributed by atoms with van der Waals surface area (Å²) >= 11 is 0. The maximum absolute atomic E-state index is 13.6. The highest BCUT2D eigenvalue weighted by atomic mass is 19.1. The van der Waals surface area contributed by atoms with Crippen LogP contribution in [-0.4, -0.2) is 73.3 Å². The largest absolute Gasteiger partial charge is 0.379 e. The van der Waals surface area contributed by atoms with Crippen LogP contribution in [0, 0.1) is 5.82 Å². The number of carbonyl (C=O) groups excluding carboxylic acids is 1. The number of rotatable bonds is 8. The number of hydrogen-bond acceptors (Lipinski definition) is 6. The first-order valence-corrected chi connectivity index (χ1v) is 12.3. The molecule has 184 valence electrons. The predicted octanol–water partition coefficient (Wildman–Crippen LogP) is 4.06. The molecule has 7 nitrogen and oxygen atoms in total. The van der Waals surface area contributed by atoms with Gasteiger partial charge < -0.3 is 19.1 Å². The molecule has 2 saturated heterocycles. The molecule has 0 bridgehead atoms. The van der Waals surface area contributed by atoms with Crippen LogP contribution >= 0.6 is 0 Å². The molecule has 0 unspecified atom stereocenters. The Kier molecular flexibility index (Phi) is 7.39. The van der Waals surface area contributed by atoms with Crippen LogP contribution in [0.3, 0.4) is 0 Å². The lowest BCUT2D eigenvalue weighted by atomic mass is 10.1. The second-order valence-corrected chi connectivity index (χ2v) is 9.06. The molecule has 5 rings (SSSR count). The molecule has 1 amide bonds. The second kappa shape index (κ2) is 11.0. The van der Waals surface area contributed by atoms with Gasteiger partial charge in [-0.3, -0.25) is 9.69 Å². The van der Waals surface area contributed by atoms with Gasteiger partial charge in [0.25, 0.3) is 5.91 Å². The zero-order chi connectivity index (χ0) is 24.0. The third-order valence-corrected chi connectivity index (χ3v) is 6.73. The SMILES string of the molecule is O=C(c1ccc(F)cc1)N(CCN1CCOCC1)Cc1c(-c2ccccc2)noc1N1CCCC1. The summed E-state index contributed by atoms with van der Waals surface area (Å²) in [6.07, 6.45) is 2.21. The van der Waals surface area contributed by atoms with E-state index in [1.54, 1.807) is 12.1 Å². The van der Waals surface area contributed by atoms with Crippen LogP contribution in [-0.2, 0) is 11.3 Å². The predicted molar refractivity (Wildman–Crippen MR) is 132 cm³/mol. The highest BCUT2D eigenvalue weighted by molar-refractivity contribution is 5.94. The summed E-state index contributed by atoms with van der Waals surface area (Å²) in [5.41, 5.74) is 3.10. The summed E-state index contributed by atoms with van der Waals surface area (Å²) in [6, 6.07) is 15.7. The first-order valence-electron chi connectivity index (χ1n) is 12.3. The minimum Gasteiger partial charge on any atom is -0.379 e. The molecule has 1 aromatic heterocycles. The van der Waals surface area contributed by atoms with Crippen molar-refractivity contribution in [1.82, 2.24) is 15.0 Å². The van der Waals surface area contributed by atoms with Gasteiger partial charge >= 0.3 is 0 Å². The van der Waals surface area contributed by atoms with Gasteiger partial charge in [-0.15, -0.1) is 0 Å². The number of benzene rings is 2. The van der Waals surface area contributed by atoms with Crippen molar-refractivity contribution in [2.75, 3.05) is 57.4 Å². The van der Waals surface area contributed by atoms with Gasteiger partial charge in [-0.05, 0) is 37.1 Å². The molecule has 3 heterocycles. The Morgan fingerprint density at radius 1 is 0.971 bits per heavy atom. The van der Waals surface area contributed by atoms with E-state index in [2.05, 4.69) is 15.0 Å². The minimum absolute atomic E-state index is 0.133. The van der Waals surface area contributed by atoms with Crippen molar-refractivity contribution < 1.29 is 18.4 Å². The highest BCUT2D eigenvalue weighted by Gasteiger charge is 2.28. The van der Waals surface area contributed by atoms with Crippen molar-refractivity contribution >= 4 is 11.8 Å². The van der Waals surface area contributed by atoms with E-state index in [9.17, 15) is 9.18 Å². The third kappa shape index (κ3) is 5.55. The number of morpholine rings is 1. The fourth-order valence-electron chi connectivity index (χ4n) is 4.74. The summed E-state index contributed by atoms with van der Waals surface area (Å²) in [5, 5.41) is 4.45. The Balaban J connectivity index is 1.46. The Morgan fingerprint density at radius 3 is 2.40 bits per heavy atom. The Labute approximate surface area is 205 Å². The summed E-state index contributed by atoms with van der Waals surface area (Å²) in [5.74, 6) is 0.249. The maximum atomic E-state index is 13.6. The van der Waals surface area contributed by atoms with Gasteiger partial charge in [0.05, 0.1) is 25.3 Å². The van der Waals surface area contributed by atoms with Gasteiger partial charge in [-0.1, -0.05) is 35.5 Å². The number of hydrogen-bond donors (Lipinski definition) is 0. The van der Waals surface area contributed by atoms with Crippen molar-refractivity contribution in [2.24, 2.45) is 0 Å². The fraction of sp³-hybridized carbons (Fsp3) is 0.407. The molecule has 0 aliphatic carbocycles. The molecule has 8 heteroatoms. The molecular formula is C27H31FN4O3. The molecule has 35 heavy (non-hydrogen) atoms. The van der Waals surface area contributed by atoms with Crippen LogP contribution in [0.1, 0.15) is 28.8 Å². The average Bonchev–Trinajstić information content (AvgIpc) is 3.58. The molecule has 3 aromatic rings. The summed E-state index contributed by atoms with van der Waals surface area (Å²) in [4.78, 5) is 20.0. The number of aromatic nitrogens is 1. The first-order chi connectivity index (χ1) is 17.2. The third-order valence-electron chi connectivity index (χ3n) is 6.73. The van der Waals surface area contributed by atoms with Crippen LogP contribution in [0.15, 0.2) is 59.1 Å². The van der Waals surface area contributed by atoms with Crippen molar-refractivity contribution in [3.8, 4) is 11.3 Å². The Morgan fingerprint density at radius 2 is 1.69 bits per heavy atom. The molecule has 2 fully saturated rings. The highest BCUT2D eigenvalue weighted by Crippen LogP contribution is 2.34. The topological polar surface area (TPSA) is 62.1 Å². The summed E-state index contributed by atoms with van der Waals surface area (Å²) < 4.78 is 24.9. The first kappa shape index (κ1) is 23.5. The maximum Gasteiger partial charge on any atom is 0.254 e. The number of ether oxygens (including phenoxy) is 1. The van der Waals surface area contributed by atoms with Gasteiger partial charge in [-0.25, -0.2) is 4.39 Å². The fourth-order valence-corrected chi connectivity index (χ4v) is 4.74. The molecule has 0 atom stereocenters. The average molecular weight is 479 g/mol. The quantitative estimate of drug-likeness (QED) is 0.487.